The zero-order valence-corrected chi connectivity index (χ0v) is 12.4. The summed E-state index contributed by atoms with van der Waals surface area (Å²) in [6.45, 7) is 0.565. The Labute approximate surface area is 126 Å². The molecule has 2 aromatic rings. The van der Waals surface area contributed by atoms with E-state index in [1.165, 1.54) is 23.1 Å². The molecular weight excluding hydrogens is 296 g/mol. The van der Waals surface area contributed by atoms with Crippen molar-refractivity contribution in [2.24, 2.45) is 0 Å². The molecule has 20 heavy (non-hydrogen) atoms. The van der Waals surface area contributed by atoms with E-state index in [9.17, 15) is 10.1 Å². The number of hydrogen-bond acceptors (Lipinski definition) is 4. The summed E-state index contributed by atoms with van der Waals surface area (Å²) in [4.78, 5) is 11.5. The van der Waals surface area contributed by atoms with Crippen molar-refractivity contribution in [1.82, 2.24) is 0 Å². The molecule has 4 nitrogen and oxygen atoms in total. The van der Waals surface area contributed by atoms with Crippen molar-refractivity contribution in [2.45, 2.75) is 11.4 Å². The number of nitrogens with zero attached hydrogens (tertiary/aromatic N) is 1. The van der Waals surface area contributed by atoms with Gasteiger partial charge in [0.15, 0.2) is 0 Å². The quantitative estimate of drug-likeness (QED) is 0.499. The molecule has 2 rings (SSSR count). The van der Waals surface area contributed by atoms with Crippen LogP contribution < -0.4 is 5.32 Å². The summed E-state index contributed by atoms with van der Waals surface area (Å²) >= 11 is 7.71. The van der Waals surface area contributed by atoms with E-state index in [0.717, 1.165) is 5.56 Å². The second kappa shape index (κ2) is 6.63. The largest absolute Gasteiger partial charge is 0.380 e. The number of thioether (sulfide) groups is 1. The molecule has 0 radical (unpaired) electrons. The Morgan fingerprint density at radius 2 is 1.95 bits per heavy atom. The number of nitro benzene ring substituents is 1. The molecule has 0 aliphatic rings. The maximum Gasteiger partial charge on any atom is 0.271 e. The summed E-state index contributed by atoms with van der Waals surface area (Å²) in [5.74, 6) is 0. The number of hydrogen-bond donors (Lipinski definition) is 1. The summed E-state index contributed by atoms with van der Waals surface area (Å²) in [6, 6.07) is 12.5. The van der Waals surface area contributed by atoms with Crippen molar-refractivity contribution in [3.63, 3.8) is 0 Å². The average Bonchev–Trinajstić information content (AvgIpc) is 2.46. The van der Waals surface area contributed by atoms with Crippen molar-refractivity contribution in [3.8, 4) is 0 Å². The van der Waals surface area contributed by atoms with Crippen molar-refractivity contribution >= 4 is 34.7 Å². The minimum Gasteiger partial charge on any atom is -0.380 e. The molecule has 6 heteroatoms. The van der Waals surface area contributed by atoms with Crippen molar-refractivity contribution in [1.29, 1.82) is 0 Å². The lowest BCUT2D eigenvalue weighted by atomic mass is 10.2. The third-order valence-electron chi connectivity index (χ3n) is 2.80. The highest BCUT2D eigenvalue weighted by Gasteiger charge is 2.09. The summed E-state index contributed by atoms with van der Waals surface area (Å²) in [7, 11) is 0. The molecular formula is C14H13ClN2O2S. The molecule has 0 fully saturated rings. The predicted molar refractivity (Wildman–Crippen MR) is 83.7 cm³/mol. The zero-order chi connectivity index (χ0) is 14.5. The molecule has 0 aliphatic heterocycles. The molecule has 0 unspecified atom stereocenters. The van der Waals surface area contributed by atoms with Gasteiger partial charge in [-0.3, -0.25) is 10.1 Å². The Bertz CT molecular complexity index is 617. The van der Waals surface area contributed by atoms with Gasteiger partial charge in [-0.15, -0.1) is 11.8 Å². The summed E-state index contributed by atoms with van der Waals surface area (Å²) < 4.78 is 0. The zero-order valence-electron chi connectivity index (χ0n) is 10.8. The fourth-order valence-electron chi connectivity index (χ4n) is 1.70. The number of nitrogens with one attached hydrogen (secondary N) is 1. The number of benzene rings is 2. The molecule has 0 aromatic heterocycles. The predicted octanol–water partition coefficient (Wildman–Crippen LogP) is 4.58. The van der Waals surface area contributed by atoms with E-state index >= 15 is 0 Å². The number of anilines is 1. The fraction of sp³-hybridized carbons (Fsp3) is 0.143. The molecule has 0 bridgehead atoms. The molecule has 0 amide bonds. The van der Waals surface area contributed by atoms with Crippen LogP contribution in [0.4, 0.5) is 11.4 Å². The molecule has 0 saturated heterocycles. The van der Waals surface area contributed by atoms with Gasteiger partial charge in [0.25, 0.3) is 5.69 Å². The summed E-state index contributed by atoms with van der Waals surface area (Å²) in [5, 5.41) is 14.3. The van der Waals surface area contributed by atoms with Gasteiger partial charge in [0.1, 0.15) is 0 Å². The lowest BCUT2D eigenvalue weighted by Gasteiger charge is -2.08. The SMILES string of the molecule is CSc1ccc(CNc2cc([N+](=O)[O-])ccc2Cl)cc1. The van der Waals surface area contributed by atoms with Crippen LogP contribution in [0.3, 0.4) is 0 Å². The highest BCUT2D eigenvalue weighted by atomic mass is 35.5. The third-order valence-corrected chi connectivity index (χ3v) is 3.88. The topological polar surface area (TPSA) is 55.2 Å². The number of nitro groups is 1. The number of non-ortho nitro benzene ring substituents is 1. The summed E-state index contributed by atoms with van der Waals surface area (Å²) in [6.07, 6.45) is 2.02. The van der Waals surface area contributed by atoms with Gasteiger partial charge in [0.2, 0.25) is 0 Å². The first-order valence-corrected chi connectivity index (χ1v) is 7.51. The van der Waals surface area contributed by atoms with Gasteiger partial charge in [-0.2, -0.15) is 0 Å². The van der Waals surface area contributed by atoms with Crippen molar-refractivity contribution in [3.05, 3.63) is 63.2 Å². The lowest BCUT2D eigenvalue weighted by molar-refractivity contribution is -0.384. The van der Waals surface area contributed by atoms with Crippen LogP contribution in [0, 0.1) is 10.1 Å². The van der Waals surface area contributed by atoms with Crippen LogP contribution in [0.1, 0.15) is 5.56 Å². The van der Waals surface area contributed by atoms with E-state index in [0.29, 0.717) is 17.3 Å². The molecule has 0 atom stereocenters. The molecule has 0 heterocycles. The Morgan fingerprint density at radius 3 is 2.55 bits per heavy atom. The first-order chi connectivity index (χ1) is 9.60. The molecule has 104 valence electrons. The number of halogens is 1. The standard InChI is InChI=1S/C14H13ClN2O2S/c1-20-12-5-2-10(3-6-12)9-16-14-8-11(17(18)19)4-7-13(14)15/h2-8,16H,9H2,1H3. The van der Waals surface area contributed by atoms with Gasteiger partial charge in [-0.25, -0.2) is 0 Å². The highest BCUT2D eigenvalue weighted by Crippen LogP contribution is 2.27. The minimum atomic E-state index is -0.436. The second-order valence-electron chi connectivity index (χ2n) is 4.12. The van der Waals surface area contributed by atoms with Crippen molar-refractivity contribution in [2.75, 3.05) is 11.6 Å². The van der Waals surface area contributed by atoms with Gasteiger partial charge >= 0.3 is 0 Å². The second-order valence-corrected chi connectivity index (χ2v) is 5.41. The molecule has 0 aliphatic carbocycles. The van der Waals surface area contributed by atoms with Gasteiger partial charge in [0.05, 0.1) is 15.6 Å². The van der Waals surface area contributed by atoms with Crippen LogP contribution in [-0.4, -0.2) is 11.2 Å². The molecule has 0 spiro atoms. The monoisotopic (exact) mass is 308 g/mol. The van der Waals surface area contributed by atoms with Crippen LogP contribution >= 0.6 is 23.4 Å². The normalized spacial score (nSPS) is 10.3. The Balaban J connectivity index is 2.09. The van der Waals surface area contributed by atoms with E-state index in [1.54, 1.807) is 11.8 Å². The Kier molecular flexibility index (Phi) is 4.87. The van der Waals surface area contributed by atoms with Crippen LogP contribution in [0.25, 0.3) is 0 Å². The van der Waals surface area contributed by atoms with Crippen LogP contribution in [0.15, 0.2) is 47.4 Å². The smallest absolute Gasteiger partial charge is 0.271 e. The van der Waals surface area contributed by atoms with E-state index in [2.05, 4.69) is 5.32 Å². The van der Waals surface area contributed by atoms with Crippen LogP contribution in [0.2, 0.25) is 5.02 Å². The van der Waals surface area contributed by atoms with Gasteiger partial charge in [-0.1, -0.05) is 23.7 Å². The fourth-order valence-corrected chi connectivity index (χ4v) is 2.30. The lowest BCUT2D eigenvalue weighted by Crippen LogP contribution is -2.00. The average molecular weight is 309 g/mol. The van der Waals surface area contributed by atoms with Crippen molar-refractivity contribution < 1.29 is 4.92 Å². The maximum absolute atomic E-state index is 10.7. The Hall–Kier alpha value is -1.72. The Morgan fingerprint density at radius 1 is 1.25 bits per heavy atom. The van der Waals surface area contributed by atoms with Gasteiger partial charge < -0.3 is 5.32 Å². The third kappa shape index (κ3) is 3.65. The maximum atomic E-state index is 10.7. The van der Waals surface area contributed by atoms with Gasteiger partial charge in [-0.05, 0) is 30.0 Å². The minimum absolute atomic E-state index is 0.0228. The summed E-state index contributed by atoms with van der Waals surface area (Å²) in [5.41, 5.74) is 1.68. The first-order valence-electron chi connectivity index (χ1n) is 5.91. The van der Waals surface area contributed by atoms with E-state index in [4.69, 9.17) is 11.6 Å². The molecule has 0 saturated carbocycles. The molecule has 2 aromatic carbocycles. The van der Waals surface area contributed by atoms with Crippen LogP contribution in [0.5, 0.6) is 0 Å². The van der Waals surface area contributed by atoms with E-state index in [1.807, 2.05) is 30.5 Å². The van der Waals surface area contributed by atoms with Gasteiger partial charge in [0, 0.05) is 23.6 Å². The van der Waals surface area contributed by atoms with E-state index < -0.39 is 4.92 Å². The van der Waals surface area contributed by atoms with Crippen LogP contribution in [-0.2, 0) is 6.54 Å². The molecule has 1 N–H and O–H groups in total. The first kappa shape index (κ1) is 14.7. The van der Waals surface area contributed by atoms with E-state index in [-0.39, 0.29) is 5.69 Å². The number of rotatable bonds is 5. The highest BCUT2D eigenvalue weighted by molar-refractivity contribution is 7.98.